The summed E-state index contributed by atoms with van der Waals surface area (Å²) >= 11 is 0. The van der Waals surface area contributed by atoms with Gasteiger partial charge < -0.3 is 15.1 Å². The highest BCUT2D eigenvalue weighted by Crippen LogP contribution is 2.31. The maximum Gasteiger partial charge on any atom is 0.209 e. The maximum absolute atomic E-state index is 13.5. The van der Waals surface area contributed by atoms with Crippen molar-refractivity contribution < 1.29 is 13.6 Å². The molecule has 0 unspecified atom stereocenters. The van der Waals surface area contributed by atoms with Gasteiger partial charge in [0.2, 0.25) is 6.41 Å². The first kappa shape index (κ1) is 15.0. The molecule has 1 N–H and O–H groups in total. The van der Waals surface area contributed by atoms with Crippen LogP contribution in [0, 0.1) is 11.6 Å². The lowest BCUT2D eigenvalue weighted by Gasteiger charge is -2.34. The van der Waals surface area contributed by atoms with Gasteiger partial charge in [-0.1, -0.05) is 0 Å². The molecule has 1 aromatic heterocycles. The lowest BCUT2D eigenvalue weighted by atomic mass is 10.2. The first-order valence-corrected chi connectivity index (χ1v) is 8.01. The van der Waals surface area contributed by atoms with Crippen molar-refractivity contribution in [3.63, 3.8) is 0 Å². The number of piperazine rings is 1. The minimum Gasteiger partial charge on any atom is -0.364 e. The molecule has 0 atom stereocenters. The van der Waals surface area contributed by atoms with E-state index < -0.39 is 11.6 Å². The quantitative estimate of drug-likeness (QED) is 0.864. The van der Waals surface area contributed by atoms with Crippen LogP contribution < -0.4 is 10.2 Å². The molecule has 1 saturated heterocycles. The van der Waals surface area contributed by atoms with Crippen molar-refractivity contribution in [2.45, 2.75) is 18.9 Å². The summed E-state index contributed by atoms with van der Waals surface area (Å²) < 4.78 is 27.0. The predicted molar refractivity (Wildman–Crippen MR) is 85.9 cm³/mol. The monoisotopic (exact) mass is 333 g/mol. The molecule has 1 saturated carbocycles. The molecule has 6 nitrogen and oxygen atoms in total. The van der Waals surface area contributed by atoms with E-state index >= 15 is 0 Å². The average Bonchev–Trinajstić information content (AvgIpc) is 3.40. The van der Waals surface area contributed by atoms with Crippen molar-refractivity contribution >= 4 is 29.1 Å². The van der Waals surface area contributed by atoms with Crippen LogP contribution in [0.5, 0.6) is 0 Å². The number of rotatable bonds is 4. The Morgan fingerprint density at radius 1 is 1.04 bits per heavy atom. The van der Waals surface area contributed by atoms with Gasteiger partial charge in [0, 0.05) is 44.4 Å². The van der Waals surface area contributed by atoms with Gasteiger partial charge in [0.15, 0.2) is 23.3 Å². The molecule has 4 rings (SSSR count). The van der Waals surface area contributed by atoms with Crippen LogP contribution in [0.3, 0.4) is 0 Å². The highest BCUT2D eigenvalue weighted by Gasteiger charge is 2.26. The van der Waals surface area contributed by atoms with E-state index in [0.717, 1.165) is 31.4 Å². The zero-order valence-corrected chi connectivity index (χ0v) is 13.0. The van der Waals surface area contributed by atoms with Crippen LogP contribution >= 0.6 is 0 Å². The van der Waals surface area contributed by atoms with Gasteiger partial charge >= 0.3 is 0 Å². The van der Waals surface area contributed by atoms with Crippen molar-refractivity contribution in [2.24, 2.45) is 0 Å². The molecule has 0 radical (unpaired) electrons. The van der Waals surface area contributed by atoms with Gasteiger partial charge in [0.1, 0.15) is 0 Å². The fourth-order valence-corrected chi connectivity index (χ4v) is 2.82. The van der Waals surface area contributed by atoms with Crippen LogP contribution in [-0.4, -0.2) is 53.5 Å². The molecule has 126 valence electrons. The number of carbonyl (C=O) groups excluding carboxylic acids is 1. The summed E-state index contributed by atoms with van der Waals surface area (Å²) in [7, 11) is 0. The molecule has 8 heteroatoms. The summed E-state index contributed by atoms with van der Waals surface area (Å²) in [4.78, 5) is 23.6. The summed E-state index contributed by atoms with van der Waals surface area (Å²) in [5.41, 5.74) is 0.649. The number of fused-ring (bicyclic) bond motifs is 1. The number of nitrogens with one attached hydrogen (secondary N) is 1. The number of anilines is 2. The smallest absolute Gasteiger partial charge is 0.209 e. The van der Waals surface area contributed by atoms with Crippen molar-refractivity contribution in [3.8, 4) is 0 Å². The molecular weight excluding hydrogens is 316 g/mol. The number of hydrogen-bond donors (Lipinski definition) is 1. The van der Waals surface area contributed by atoms with E-state index in [4.69, 9.17) is 0 Å². The summed E-state index contributed by atoms with van der Waals surface area (Å²) in [5.74, 6) is -0.639. The fourth-order valence-electron chi connectivity index (χ4n) is 2.82. The van der Waals surface area contributed by atoms with Gasteiger partial charge in [-0.05, 0) is 12.8 Å². The fraction of sp³-hybridized carbons (Fsp3) is 0.438. The summed E-state index contributed by atoms with van der Waals surface area (Å²) in [6.07, 6.45) is 2.97. The molecule has 2 heterocycles. The van der Waals surface area contributed by atoms with E-state index in [2.05, 4.69) is 15.3 Å². The Balaban J connectivity index is 1.73. The maximum atomic E-state index is 13.5. The van der Waals surface area contributed by atoms with Gasteiger partial charge in [-0.2, -0.15) is 0 Å². The van der Waals surface area contributed by atoms with E-state index in [1.54, 1.807) is 4.90 Å². The van der Waals surface area contributed by atoms with Crippen molar-refractivity contribution in [1.82, 2.24) is 14.9 Å². The first-order valence-electron chi connectivity index (χ1n) is 8.01. The number of carbonyl (C=O) groups is 1. The van der Waals surface area contributed by atoms with Crippen LogP contribution in [0.1, 0.15) is 12.8 Å². The van der Waals surface area contributed by atoms with E-state index in [-0.39, 0.29) is 0 Å². The highest BCUT2D eigenvalue weighted by molar-refractivity contribution is 5.81. The third-order valence-electron chi connectivity index (χ3n) is 4.37. The number of hydrogen-bond acceptors (Lipinski definition) is 5. The Morgan fingerprint density at radius 3 is 2.25 bits per heavy atom. The number of nitrogens with zero attached hydrogens (tertiary/aromatic N) is 4. The molecule has 0 bridgehead atoms. The normalized spacial score (nSPS) is 18.1. The second kappa shape index (κ2) is 5.85. The minimum atomic E-state index is -0.934. The van der Waals surface area contributed by atoms with Crippen LogP contribution in [0.25, 0.3) is 11.0 Å². The predicted octanol–water partition coefficient (Wildman–Crippen LogP) is 1.76. The molecule has 2 aromatic rings. The van der Waals surface area contributed by atoms with Crippen molar-refractivity contribution in [1.29, 1.82) is 0 Å². The zero-order chi connectivity index (χ0) is 16.7. The van der Waals surface area contributed by atoms with Gasteiger partial charge in [-0.25, -0.2) is 18.7 Å². The first-order chi connectivity index (χ1) is 11.6. The Labute approximate surface area is 137 Å². The number of amides is 1. The molecule has 0 spiro atoms. The summed E-state index contributed by atoms with van der Waals surface area (Å²) in [6.45, 7) is 2.46. The molecule has 24 heavy (non-hydrogen) atoms. The zero-order valence-electron chi connectivity index (χ0n) is 13.0. The van der Waals surface area contributed by atoms with Crippen LogP contribution in [0.15, 0.2) is 12.1 Å². The third-order valence-corrected chi connectivity index (χ3v) is 4.37. The second-order valence-electron chi connectivity index (χ2n) is 6.20. The van der Waals surface area contributed by atoms with Crippen LogP contribution in [0.4, 0.5) is 20.4 Å². The van der Waals surface area contributed by atoms with E-state index in [0.29, 0.717) is 54.9 Å². The largest absolute Gasteiger partial charge is 0.364 e. The summed E-state index contributed by atoms with van der Waals surface area (Å²) in [5, 5.41) is 3.32. The minimum absolute atomic E-state index is 0.322. The molecule has 2 aliphatic rings. The average molecular weight is 333 g/mol. The lowest BCUT2D eigenvalue weighted by molar-refractivity contribution is -0.118. The Hall–Kier alpha value is -2.51. The highest BCUT2D eigenvalue weighted by atomic mass is 19.2. The van der Waals surface area contributed by atoms with E-state index in [1.165, 1.54) is 0 Å². The number of halogens is 2. The molecule has 1 aliphatic heterocycles. The number of benzene rings is 1. The van der Waals surface area contributed by atoms with Gasteiger partial charge in [0.25, 0.3) is 0 Å². The standard InChI is InChI=1S/C16H17F2N5O/c17-11-7-13-14(8-12(11)18)21-16(15(20-13)19-10-1-2-10)23-5-3-22(9-24)4-6-23/h7-10H,1-6H2,(H,19,20). The van der Waals surface area contributed by atoms with Crippen LogP contribution in [-0.2, 0) is 4.79 Å². The Kier molecular flexibility index (Phi) is 3.66. The number of aromatic nitrogens is 2. The van der Waals surface area contributed by atoms with Gasteiger partial charge in [-0.15, -0.1) is 0 Å². The molecule has 1 aromatic carbocycles. The topological polar surface area (TPSA) is 61.4 Å². The Bertz CT molecular complexity index is 788. The third kappa shape index (κ3) is 2.83. The van der Waals surface area contributed by atoms with Crippen molar-refractivity contribution in [2.75, 3.05) is 36.4 Å². The molecule has 2 fully saturated rings. The van der Waals surface area contributed by atoms with Gasteiger partial charge in [0.05, 0.1) is 11.0 Å². The van der Waals surface area contributed by atoms with Crippen LogP contribution in [0.2, 0.25) is 0 Å². The molecular formula is C16H17F2N5O. The van der Waals surface area contributed by atoms with Gasteiger partial charge in [-0.3, -0.25) is 4.79 Å². The molecule has 1 aliphatic carbocycles. The Morgan fingerprint density at radius 2 is 1.67 bits per heavy atom. The van der Waals surface area contributed by atoms with E-state index in [9.17, 15) is 13.6 Å². The van der Waals surface area contributed by atoms with E-state index in [1.807, 2.05) is 4.90 Å². The van der Waals surface area contributed by atoms with Crippen molar-refractivity contribution in [3.05, 3.63) is 23.8 Å². The lowest BCUT2D eigenvalue weighted by Crippen LogP contribution is -2.46. The SMILES string of the molecule is O=CN1CCN(c2nc3cc(F)c(F)cc3nc2NC2CC2)CC1. The summed E-state index contributed by atoms with van der Waals surface area (Å²) in [6, 6.07) is 2.50. The second-order valence-corrected chi connectivity index (χ2v) is 6.20. The molecule has 1 amide bonds.